The summed E-state index contributed by atoms with van der Waals surface area (Å²) in [6, 6.07) is 7.42. The number of hydrogen-bond donors (Lipinski definition) is 3. The van der Waals surface area contributed by atoms with Crippen LogP contribution in [0.15, 0.2) is 36.7 Å². The zero-order valence-corrected chi connectivity index (χ0v) is 15.1. The highest BCUT2D eigenvalue weighted by atomic mass is 16.3. The van der Waals surface area contributed by atoms with Crippen LogP contribution in [-0.4, -0.2) is 42.9 Å². The molecule has 0 spiro atoms. The van der Waals surface area contributed by atoms with Gasteiger partial charge in [0.2, 0.25) is 5.95 Å². The number of carbonyl (C=O) groups is 1. The molecule has 1 saturated carbocycles. The Kier molecular flexibility index (Phi) is 4.72. The van der Waals surface area contributed by atoms with E-state index in [0.717, 1.165) is 31.1 Å². The van der Waals surface area contributed by atoms with E-state index >= 15 is 0 Å². The van der Waals surface area contributed by atoms with Gasteiger partial charge in [0.1, 0.15) is 0 Å². The van der Waals surface area contributed by atoms with Crippen molar-refractivity contribution >= 4 is 28.6 Å². The Hall–Kier alpha value is -3.00. The number of hydrogen-bond acceptors (Lipinski definition) is 6. The van der Waals surface area contributed by atoms with Crippen molar-refractivity contribution in [3.8, 4) is 0 Å². The molecular weight excluding hydrogens is 344 g/mol. The Morgan fingerprint density at radius 1 is 1.22 bits per heavy atom. The van der Waals surface area contributed by atoms with Crippen molar-refractivity contribution in [1.29, 1.82) is 0 Å². The number of nitrogens with zero attached hydrogens (tertiary/aromatic N) is 4. The standard InChI is InChI=1S/C19H22N6O2/c1-25-10-9-16(24-25)22-18(27)15-4-2-3-12-11-20-19(23-17(12)15)21-13-5-7-14(26)8-6-13/h2-4,9-11,13-14,26H,5-8H2,1H3,(H,20,21,23)(H,22,24,27). The number of aryl methyl sites for hydroxylation is 1. The molecule has 1 amide bonds. The van der Waals surface area contributed by atoms with Gasteiger partial charge in [-0.3, -0.25) is 9.48 Å². The van der Waals surface area contributed by atoms with Crippen molar-refractivity contribution in [3.05, 3.63) is 42.2 Å². The summed E-state index contributed by atoms with van der Waals surface area (Å²) in [4.78, 5) is 21.7. The van der Waals surface area contributed by atoms with Gasteiger partial charge in [-0.1, -0.05) is 12.1 Å². The van der Waals surface area contributed by atoms with Gasteiger partial charge >= 0.3 is 0 Å². The summed E-state index contributed by atoms with van der Waals surface area (Å²) in [5, 5.41) is 20.7. The first-order valence-corrected chi connectivity index (χ1v) is 9.10. The van der Waals surface area contributed by atoms with Crippen molar-refractivity contribution in [3.63, 3.8) is 0 Å². The van der Waals surface area contributed by atoms with E-state index in [0.29, 0.717) is 22.8 Å². The fourth-order valence-electron chi connectivity index (χ4n) is 3.38. The molecule has 1 fully saturated rings. The first-order valence-electron chi connectivity index (χ1n) is 9.10. The number of carbonyl (C=O) groups excluding carboxylic acids is 1. The average molecular weight is 366 g/mol. The smallest absolute Gasteiger partial charge is 0.259 e. The highest BCUT2D eigenvalue weighted by molar-refractivity contribution is 6.11. The van der Waals surface area contributed by atoms with Crippen LogP contribution in [0.25, 0.3) is 10.9 Å². The molecule has 2 aromatic heterocycles. The molecule has 8 heteroatoms. The number of aromatic nitrogens is 4. The lowest BCUT2D eigenvalue weighted by molar-refractivity contribution is 0.102. The molecule has 1 aliphatic rings. The topological polar surface area (TPSA) is 105 Å². The Morgan fingerprint density at radius 2 is 2.04 bits per heavy atom. The van der Waals surface area contributed by atoms with Crippen molar-refractivity contribution in [2.45, 2.75) is 37.8 Å². The van der Waals surface area contributed by atoms with Crippen LogP contribution in [0.4, 0.5) is 11.8 Å². The van der Waals surface area contributed by atoms with Crippen LogP contribution in [0.5, 0.6) is 0 Å². The van der Waals surface area contributed by atoms with Gasteiger partial charge in [0.05, 0.1) is 17.2 Å². The van der Waals surface area contributed by atoms with E-state index in [4.69, 9.17) is 0 Å². The highest BCUT2D eigenvalue weighted by Crippen LogP contribution is 2.23. The first-order chi connectivity index (χ1) is 13.1. The predicted octanol–water partition coefficient (Wildman–Crippen LogP) is 2.33. The molecule has 0 unspecified atom stereocenters. The van der Waals surface area contributed by atoms with Crippen LogP contribution < -0.4 is 10.6 Å². The summed E-state index contributed by atoms with van der Waals surface area (Å²) in [5.41, 5.74) is 1.07. The van der Waals surface area contributed by atoms with Crippen molar-refractivity contribution in [2.24, 2.45) is 7.05 Å². The zero-order chi connectivity index (χ0) is 18.8. The second-order valence-corrected chi connectivity index (χ2v) is 6.92. The zero-order valence-electron chi connectivity index (χ0n) is 15.1. The molecular formula is C19H22N6O2. The van der Waals surface area contributed by atoms with Crippen LogP contribution in [0, 0.1) is 0 Å². The van der Waals surface area contributed by atoms with Gasteiger partial charge in [-0.05, 0) is 31.7 Å². The lowest BCUT2D eigenvalue weighted by atomic mass is 9.93. The number of amides is 1. The summed E-state index contributed by atoms with van der Waals surface area (Å²) >= 11 is 0. The summed E-state index contributed by atoms with van der Waals surface area (Å²) in [6.45, 7) is 0. The van der Waals surface area contributed by atoms with Gasteiger partial charge in [-0.15, -0.1) is 0 Å². The van der Waals surface area contributed by atoms with E-state index < -0.39 is 0 Å². The third-order valence-electron chi connectivity index (χ3n) is 4.84. The number of rotatable bonds is 4. The normalized spacial score (nSPS) is 19.8. The average Bonchev–Trinajstić information content (AvgIpc) is 3.07. The van der Waals surface area contributed by atoms with E-state index in [1.807, 2.05) is 12.1 Å². The van der Waals surface area contributed by atoms with Crippen LogP contribution in [0.3, 0.4) is 0 Å². The van der Waals surface area contributed by atoms with Gasteiger partial charge in [0.15, 0.2) is 5.82 Å². The van der Waals surface area contributed by atoms with Gasteiger partial charge in [-0.2, -0.15) is 5.10 Å². The highest BCUT2D eigenvalue weighted by Gasteiger charge is 2.20. The van der Waals surface area contributed by atoms with E-state index in [-0.39, 0.29) is 18.1 Å². The molecule has 140 valence electrons. The van der Waals surface area contributed by atoms with Crippen LogP contribution in [0.1, 0.15) is 36.0 Å². The van der Waals surface area contributed by atoms with Gasteiger partial charge in [-0.25, -0.2) is 9.97 Å². The second-order valence-electron chi connectivity index (χ2n) is 6.92. The third kappa shape index (κ3) is 3.90. The molecule has 0 aliphatic heterocycles. The molecule has 3 aromatic rings. The summed E-state index contributed by atoms with van der Waals surface area (Å²) in [6.07, 6.45) is 6.60. The monoisotopic (exact) mass is 366 g/mol. The van der Waals surface area contributed by atoms with E-state index in [2.05, 4.69) is 25.7 Å². The number of anilines is 2. The molecule has 27 heavy (non-hydrogen) atoms. The summed E-state index contributed by atoms with van der Waals surface area (Å²) in [7, 11) is 1.79. The molecule has 1 aliphatic carbocycles. The van der Waals surface area contributed by atoms with E-state index in [1.165, 1.54) is 0 Å². The largest absolute Gasteiger partial charge is 0.393 e. The molecule has 0 atom stereocenters. The van der Waals surface area contributed by atoms with Crippen LogP contribution in [-0.2, 0) is 7.05 Å². The second kappa shape index (κ2) is 7.32. The van der Waals surface area contributed by atoms with Crippen LogP contribution in [0.2, 0.25) is 0 Å². The van der Waals surface area contributed by atoms with Gasteiger partial charge in [0, 0.05) is 36.9 Å². The fourth-order valence-corrected chi connectivity index (χ4v) is 3.38. The Bertz CT molecular complexity index is 962. The molecule has 0 bridgehead atoms. The lowest BCUT2D eigenvalue weighted by Crippen LogP contribution is -2.29. The molecule has 8 nitrogen and oxygen atoms in total. The third-order valence-corrected chi connectivity index (χ3v) is 4.84. The number of aliphatic hydroxyl groups excluding tert-OH is 1. The number of fused-ring (bicyclic) bond motifs is 1. The Balaban J connectivity index is 1.58. The fraction of sp³-hybridized carbons (Fsp3) is 0.368. The molecule has 0 saturated heterocycles. The maximum Gasteiger partial charge on any atom is 0.259 e. The summed E-state index contributed by atoms with van der Waals surface area (Å²) in [5.74, 6) is 0.736. The summed E-state index contributed by atoms with van der Waals surface area (Å²) < 4.78 is 1.63. The van der Waals surface area contributed by atoms with Crippen molar-refractivity contribution < 1.29 is 9.90 Å². The minimum Gasteiger partial charge on any atom is -0.393 e. The lowest BCUT2D eigenvalue weighted by Gasteiger charge is -2.26. The van der Waals surface area contributed by atoms with Crippen molar-refractivity contribution in [2.75, 3.05) is 10.6 Å². The van der Waals surface area contributed by atoms with Gasteiger partial charge < -0.3 is 15.7 Å². The maximum atomic E-state index is 12.7. The number of para-hydroxylation sites is 1. The number of benzene rings is 1. The molecule has 1 aromatic carbocycles. The molecule has 3 N–H and O–H groups in total. The molecule has 0 radical (unpaired) electrons. The minimum absolute atomic E-state index is 0.206. The number of nitrogens with one attached hydrogen (secondary N) is 2. The molecule has 2 heterocycles. The first kappa shape index (κ1) is 17.4. The van der Waals surface area contributed by atoms with Crippen LogP contribution >= 0.6 is 0 Å². The van der Waals surface area contributed by atoms with E-state index in [9.17, 15) is 9.90 Å². The Labute approximate surface area is 156 Å². The number of aliphatic hydroxyl groups is 1. The maximum absolute atomic E-state index is 12.7. The van der Waals surface area contributed by atoms with Crippen molar-refractivity contribution in [1.82, 2.24) is 19.7 Å². The van der Waals surface area contributed by atoms with Gasteiger partial charge in [0.25, 0.3) is 5.91 Å². The molecule has 4 rings (SSSR count). The minimum atomic E-state index is -0.260. The predicted molar refractivity (Wildman–Crippen MR) is 103 cm³/mol. The van der Waals surface area contributed by atoms with E-state index in [1.54, 1.807) is 36.3 Å². The quantitative estimate of drug-likeness (QED) is 0.654. The Morgan fingerprint density at radius 3 is 2.78 bits per heavy atom. The SMILES string of the molecule is Cn1ccc(NC(=O)c2cccc3cnc(NC4CCC(O)CC4)nc23)n1.